The van der Waals surface area contributed by atoms with Gasteiger partial charge in [-0.1, -0.05) is 0 Å². The molecule has 1 aliphatic heterocycles. The molecule has 1 rings (SSSR count). The van der Waals surface area contributed by atoms with Gasteiger partial charge in [0, 0.05) is 19.3 Å². The fourth-order valence-electron chi connectivity index (χ4n) is 1.15. The van der Waals surface area contributed by atoms with Gasteiger partial charge in [-0.15, -0.1) is 0 Å². The van der Waals surface area contributed by atoms with E-state index in [-0.39, 0.29) is 6.10 Å². The molecule has 0 bridgehead atoms. The monoisotopic (exact) mass is 163 g/mol. The van der Waals surface area contributed by atoms with Crippen LogP contribution in [0.4, 0.5) is 0 Å². The highest BCUT2D eigenvalue weighted by atomic mass is 32.2. The van der Waals surface area contributed by atoms with Gasteiger partial charge in [0.1, 0.15) is 0 Å². The number of β-amino-alcohol motifs (C(OH)–C–C–N with tert-alkyl or cyclic N) is 1. The van der Waals surface area contributed by atoms with Crippen molar-refractivity contribution in [2.45, 2.75) is 18.9 Å². The Labute approximate surface area is 63.6 Å². The minimum absolute atomic E-state index is 0.266. The van der Waals surface area contributed by atoms with E-state index in [0.717, 1.165) is 19.4 Å². The van der Waals surface area contributed by atoms with Crippen molar-refractivity contribution in [2.24, 2.45) is 0 Å². The molecule has 1 saturated heterocycles. The topological polar surface area (TPSA) is 40.5 Å². The van der Waals surface area contributed by atoms with E-state index in [1.807, 2.05) is 0 Å². The van der Waals surface area contributed by atoms with Gasteiger partial charge in [0.25, 0.3) is 0 Å². The molecule has 0 aliphatic carbocycles. The van der Waals surface area contributed by atoms with E-state index < -0.39 is 11.0 Å². The molecule has 60 valence electrons. The van der Waals surface area contributed by atoms with Crippen molar-refractivity contribution in [1.29, 1.82) is 0 Å². The number of rotatable bonds is 1. The highest BCUT2D eigenvalue weighted by molar-refractivity contribution is 7.81. The molecule has 0 amide bonds. The average molecular weight is 163 g/mol. The Hall–Kier alpha value is 0.0700. The van der Waals surface area contributed by atoms with E-state index in [9.17, 15) is 4.21 Å². The molecule has 10 heavy (non-hydrogen) atoms. The molecule has 4 heteroatoms. The van der Waals surface area contributed by atoms with Crippen LogP contribution in [0, 0.1) is 0 Å². The summed E-state index contributed by atoms with van der Waals surface area (Å²) in [5.41, 5.74) is 0. The first-order chi connectivity index (χ1) is 4.70. The van der Waals surface area contributed by atoms with E-state index in [1.165, 1.54) is 0 Å². The predicted octanol–water partition coefficient (Wildman–Crippen LogP) is -0.263. The maximum absolute atomic E-state index is 10.9. The van der Waals surface area contributed by atoms with Crippen LogP contribution in [0.2, 0.25) is 0 Å². The summed E-state index contributed by atoms with van der Waals surface area (Å²) in [6.45, 7) is 1.43. The minimum Gasteiger partial charge on any atom is -0.392 e. The van der Waals surface area contributed by atoms with Gasteiger partial charge in [-0.2, -0.15) is 0 Å². The quantitative estimate of drug-likeness (QED) is 0.578. The van der Waals surface area contributed by atoms with Crippen LogP contribution in [0.3, 0.4) is 0 Å². The summed E-state index contributed by atoms with van der Waals surface area (Å²) in [5, 5.41) is 9.15. The molecule has 0 aromatic heterocycles. The molecule has 1 fully saturated rings. The second-order valence-corrected chi connectivity index (χ2v) is 3.97. The molecule has 0 aromatic rings. The molecular formula is C6H13NO2S. The van der Waals surface area contributed by atoms with Crippen molar-refractivity contribution in [1.82, 2.24) is 4.31 Å². The van der Waals surface area contributed by atoms with Gasteiger partial charge in [0.15, 0.2) is 0 Å². The zero-order valence-corrected chi connectivity index (χ0v) is 6.93. The molecule has 0 aromatic carbocycles. The standard InChI is InChI=1S/C6H13NO2S/c1-10(9)7-4-2-3-6(8)5-7/h6,8H,2-5H2,1H3/t6-,10?/m0/s1. The Kier molecular flexibility index (Phi) is 2.82. The van der Waals surface area contributed by atoms with Crippen LogP contribution in [0.5, 0.6) is 0 Å². The van der Waals surface area contributed by atoms with E-state index in [0.29, 0.717) is 6.54 Å². The zero-order chi connectivity index (χ0) is 7.56. The van der Waals surface area contributed by atoms with Crippen molar-refractivity contribution in [3.8, 4) is 0 Å². The summed E-state index contributed by atoms with van der Waals surface area (Å²) in [6.07, 6.45) is 3.20. The van der Waals surface area contributed by atoms with Gasteiger partial charge >= 0.3 is 0 Å². The first-order valence-electron chi connectivity index (χ1n) is 3.46. The molecule has 0 spiro atoms. The van der Waals surface area contributed by atoms with Crippen molar-refractivity contribution < 1.29 is 9.32 Å². The smallest absolute Gasteiger partial charge is 0.0911 e. The third-order valence-electron chi connectivity index (χ3n) is 1.72. The summed E-state index contributed by atoms with van der Waals surface area (Å²) < 4.78 is 12.7. The maximum Gasteiger partial charge on any atom is 0.0911 e. The van der Waals surface area contributed by atoms with Gasteiger partial charge < -0.3 is 5.11 Å². The van der Waals surface area contributed by atoms with Crippen LogP contribution in [0.15, 0.2) is 0 Å². The van der Waals surface area contributed by atoms with Gasteiger partial charge in [0.05, 0.1) is 17.1 Å². The van der Waals surface area contributed by atoms with Crippen LogP contribution in [-0.2, 0) is 11.0 Å². The first kappa shape index (κ1) is 8.17. The highest BCUT2D eigenvalue weighted by Gasteiger charge is 2.19. The Morgan fingerprint density at radius 2 is 2.40 bits per heavy atom. The van der Waals surface area contributed by atoms with E-state index in [1.54, 1.807) is 10.6 Å². The molecule has 2 atom stereocenters. The van der Waals surface area contributed by atoms with Crippen LogP contribution in [-0.4, -0.2) is 39.1 Å². The van der Waals surface area contributed by atoms with Crippen LogP contribution in [0.1, 0.15) is 12.8 Å². The van der Waals surface area contributed by atoms with E-state index in [4.69, 9.17) is 5.11 Å². The fourth-order valence-corrected chi connectivity index (χ4v) is 1.92. The maximum atomic E-state index is 10.9. The number of piperidine rings is 1. The average Bonchev–Trinajstić information content (AvgIpc) is 1.88. The third-order valence-corrected chi connectivity index (χ3v) is 2.78. The summed E-state index contributed by atoms with van der Waals surface area (Å²) in [6, 6.07) is 0. The lowest BCUT2D eigenvalue weighted by Gasteiger charge is -2.27. The van der Waals surface area contributed by atoms with Gasteiger partial charge in [-0.3, -0.25) is 0 Å². The van der Waals surface area contributed by atoms with Crippen molar-refractivity contribution in [3.05, 3.63) is 0 Å². The van der Waals surface area contributed by atoms with E-state index >= 15 is 0 Å². The number of hydrogen-bond donors (Lipinski definition) is 1. The molecule has 1 unspecified atom stereocenters. The Bertz CT molecular complexity index is 140. The number of aliphatic hydroxyl groups is 1. The summed E-state index contributed by atoms with van der Waals surface area (Å²) in [4.78, 5) is 0. The molecule has 1 N–H and O–H groups in total. The lowest BCUT2D eigenvalue weighted by molar-refractivity contribution is 0.110. The summed E-state index contributed by atoms with van der Waals surface area (Å²) in [5.74, 6) is 0. The number of nitrogens with zero attached hydrogens (tertiary/aromatic N) is 1. The Morgan fingerprint density at radius 1 is 1.70 bits per heavy atom. The summed E-state index contributed by atoms with van der Waals surface area (Å²) >= 11 is 0. The molecule has 3 nitrogen and oxygen atoms in total. The third kappa shape index (κ3) is 2.04. The number of aliphatic hydroxyl groups excluding tert-OH is 1. The molecule has 1 aliphatic rings. The lowest BCUT2D eigenvalue weighted by Crippen LogP contribution is -2.38. The highest BCUT2D eigenvalue weighted by Crippen LogP contribution is 2.10. The fraction of sp³-hybridized carbons (Fsp3) is 1.00. The largest absolute Gasteiger partial charge is 0.392 e. The molecular weight excluding hydrogens is 150 g/mol. The Morgan fingerprint density at radius 3 is 2.80 bits per heavy atom. The zero-order valence-electron chi connectivity index (χ0n) is 6.12. The SMILES string of the molecule is CS(=O)N1CCC[C@H](O)C1. The molecule has 0 radical (unpaired) electrons. The van der Waals surface area contributed by atoms with E-state index in [2.05, 4.69) is 0 Å². The van der Waals surface area contributed by atoms with Crippen molar-refractivity contribution in [3.63, 3.8) is 0 Å². The van der Waals surface area contributed by atoms with Gasteiger partial charge in [-0.25, -0.2) is 8.51 Å². The van der Waals surface area contributed by atoms with Crippen molar-refractivity contribution in [2.75, 3.05) is 19.3 Å². The first-order valence-corrected chi connectivity index (χ1v) is 4.98. The van der Waals surface area contributed by atoms with Gasteiger partial charge in [0.2, 0.25) is 0 Å². The Balaban J connectivity index is 2.39. The van der Waals surface area contributed by atoms with Crippen LogP contribution < -0.4 is 0 Å². The minimum atomic E-state index is -0.899. The second-order valence-electron chi connectivity index (χ2n) is 2.61. The predicted molar refractivity (Wildman–Crippen MR) is 40.9 cm³/mol. The molecule has 1 heterocycles. The summed E-state index contributed by atoms with van der Waals surface area (Å²) in [7, 11) is -0.899. The molecule has 0 saturated carbocycles. The van der Waals surface area contributed by atoms with Crippen molar-refractivity contribution >= 4 is 11.0 Å². The van der Waals surface area contributed by atoms with Crippen LogP contribution in [0.25, 0.3) is 0 Å². The normalized spacial score (nSPS) is 32.0. The second kappa shape index (κ2) is 3.46. The van der Waals surface area contributed by atoms with Gasteiger partial charge in [-0.05, 0) is 12.8 Å². The number of hydrogen-bond acceptors (Lipinski definition) is 2. The van der Waals surface area contributed by atoms with Crippen LogP contribution >= 0.6 is 0 Å². The lowest BCUT2D eigenvalue weighted by atomic mass is 10.1.